The van der Waals surface area contributed by atoms with Crippen LogP contribution in [0.25, 0.3) is 0 Å². The second-order valence-electron chi connectivity index (χ2n) is 4.89. The van der Waals surface area contributed by atoms with E-state index in [-0.39, 0.29) is 41.5 Å². The van der Waals surface area contributed by atoms with Crippen LogP contribution in [-0.4, -0.2) is 50.9 Å². The summed E-state index contributed by atoms with van der Waals surface area (Å²) in [5, 5.41) is 5.93. The van der Waals surface area contributed by atoms with E-state index in [2.05, 4.69) is 20.6 Å². The Morgan fingerprint density at radius 1 is 1.31 bits per heavy atom. The Bertz CT molecular complexity index is 562. The van der Waals surface area contributed by atoms with E-state index < -0.39 is 11.7 Å². The average molecular weight is 511 g/mol. The van der Waals surface area contributed by atoms with Crippen LogP contribution in [0, 0.1) is 0 Å². The molecule has 2 N–H and O–H groups in total. The molecule has 0 fully saturated rings. The molecule has 0 amide bonds. The van der Waals surface area contributed by atoms with Crippen molar-refractivity contribution < 1.29 is 22.6 Å². The summed E-state index contributed by atoms with van der Waals surface area (Å²) in [6.07, 6.45) is -3.00. The van der Waals surface area contributed by atoms with Gasteiger partial charge in [-0.25, -0.2) is 4.98 Å². The standard InChI is InChI=1S/C15H22ClF3N4O2.HI/c1-3-20-14(21-5-4-7-24-2)22-6-8-25-13-12(16)9-11(10-23-13)15(17,18)19;/h9-10H,3-8H2,1-2H3,(H2,20,21,22);1H. The smallest absolute Gasteiger partial charge is 0.417 e. The molecule has 0 aromatic carbocycles. The van der Waals surface area contributed by atoms with Crippen molar-refractivity contribution in [2.45, 2.75) is 19.5 Å². The molecule has 1 aromatic rings. The van der Waals surface area contributed by atoms with Crippen molar-refractivity contribution in [3.05, 3.63) is 22.8 Å². The first kappa shape index (κ1) is 25.0. The highest BCUT2D eigenvalue weighted by molar-refractivity contribution is 14.0. The van der Waals surface area contributed by atoms with E-state index in [0.29, 0.717) is 38.4 Å². The van der Waals surface area contributed by atoms with Gasteiger partial charge in [-0.3, -0.25) is 4.99 Å². The summed E-state index contributed by atoms with van der Waals surface area (Å²) in [6.45, 7) is 4.42. The monoisotopic (exact) mass is 510 g/mol. The van der Waals surface area contributed by atoms with E-state index in [1.165, 1.54) is 0 Å². The third-order valence-corrected chi connectivity index (χ3v) is 3.16. The van der Waals surface area contributed by atoms with Crippen molar-refractivity contribution >= 4 is 41.5 Å². The topological polar surface area (TPSA) is 67.8 Å². The first-order chi connectivity index (χ1) is 11.9. The Labute approximate surface area is 172 Å². The fourth-order valence-corrected chi connectivity index (χ4v) is 1.97. The van der Waals surface area contributed by atoms with Crippen LogP contribution >= 0.6 is 35.6 Å². The molecule has 0 radical (unpaired) electrons. The summed E-state index contributed by atoms with van der Waals surface area (Å²) in [6, 6.07) is 0.790. The fourth-order valence-electron chi connectivity index (χ4n) is 1.75. The van der Waals surface area contributed by atoms with E-state index in [4.69, 9.17) is 21.1 Å². The lowest BCUT2D eigenvalue weighted by molar-refractivity contribution is -0.137. The van der Waals surface area contributed by atoms with Gasteiger partial charge >= 0.3 is 6.18 Å². The largest absolute Gasteiger partial charge is 0.475 e. The maximum Gasteiger partial charge on any atom is 0.417 e. The molecule has 26 heavy (non-hydrogen) atoms. The van der Waals surface area contributed by atoms with Gasteiger partial charge in [0.1, 0.15) is 11.6 Å². The number of pyridine rings is 1. The second kappa shape index (κ2) is 13.2. The van der Waals surface area contributed by atoms with E-state index >= 15 is 0 Å². The number of rotatable bonds is 9. The number of hydrogen-bond acceptors (Lipinski definition) is 4. The fraction of sp³-hybridized carbons (Fsp3) is 0.600. The Morgan fingerprint density at radius 3 is 2.62 bits per heavy atom. The molecular formula is C15H23ClF3IN4O2. The maximum atomic E-state index is 12.5. The van der Waals surface area contributed by atoms with Crippen LogP contribution in [0.3, 0.4) is 0 Å². The molecule has 0 bridgehead atoms. The molecule has 0 aliphatic carbocycles. The highest BCUT2D eigenvalue weighted by atomic mass is 127. The van der Waals surface area contributed by atoms with E-state index in [0.717, 1.165) is 12.5 Å². The van der Waals surface area contributed by atoms with Gasteiger partial charge in [-0.2, -0.15) is 13.2 Å². The summed E-state index contributed by atoms with van der Waals surface area (Å²) < 4.78 is 47.9. The molecule has 1 rings (SSSR count). The molecule has 11 heteroatoms. The third kappa shape index (κ3) is 9.62. The lowest BCUT2D eigenvalue weighted by atomic mass is 10.3. The van der Waals surface area contributed by atoms with Crippen LogP contribution in [-0.2, 0) is 10.9 Å². The van der Waals surface area contributed by atoms with Gasteiger partial charge in [0.15, 0.2) is 5.96 Å². The predicted molar refractivity (Wildman–Crippen MR) is 106 cm³/mol. The zero-order valence-electron chi connectivity index (χ0n) is 14.5. The molecule has 0 saturated heterocycles. The molecule has 150 valence electrons. The molecule has 0 aliphatic rings. The van der Waals surface area contributed by atoms with Gasteiger partial charge in [0.05, 0.1) is 12.1 Å². The lowest BCUT2D eigenvalue weighted by Crippen LogP contribution is -2.39. The van der Waals surface area contributed by atoms with Crippen LogP contribution in [0.1, 0.15) is 18.9 Å². The second-order valence-corrected chi connectivity index (χ2v) is 5.30. The van der Waals surface area contributed by atoms with Gasteiger partial charge in [-0.15, -0.1) is 24.0 Å². The van der Waals surface area contributed by atoms with Crippen molar-refractivity contribution in [1.29, 1.82) is 0 Å². The van der Waals surface area contributed by atoms with Gasteiger partial charge in [0, 0.05) is 33.0 Å². The van der Waals surface area contributed by atoms with Crippen LogP contribution in [0.15, 0.2) is 17.3 Å². The third-order valence-electron chi connectivity index (χ3n) is 2.89. The van der Waals surface area contributed by atoms with Crippen LogP contribution in [0.2, 0.25) is 5.02 Å². The normalized spacial score (nSPS) is 11.7. The first-order valence-electron chi connectivity index (χ1n) is 7.75. The maximum absolute atomic E-state index is 12.5. The van der Waals surface area contributed by atoms with Crippen LogP contribution < -0.4 is 15.4 Å². The number of nitrogens with one attached hydrogen (secondary N) is 2. The number of alkyl halides is 3. The highest BCUT2D eigenvalue weighted by Gasteiger charge is 2.31. The van der Waals surface area contributed by atoms with Gasteiger partial charge < -0.3 is 20.1 Å². The Balaban J connectivity index is 0.00000625. The van der Waals surface area contributed by atoms with Crippen molar-refractivity contribution in [1.82, 2.24) is 15.6 Å². The number of hydrogen-bond donors (Lipinski definition) is 2. The van der Waals surface area contributed by atoms with Crippen molar-refractivity contribution in [2.75, 3.05) is 40.0 Å². The summed E-state index contributed by atoms with van der Waals surface area (Å²) >= 11 is 5.77. The molecule has 1 aromatic heterocycles. The Kier molecular flexibility index (Phi) is 12.7. The molecule has 0 atom stereocenters. The SMILES string of the molecule is CCNC(=NCCCOC)NCCOc1ncc(C(F)(F)F)cc1Cl.I. The predicted octanol–water partition coefficient (Wildman–Crippen LogP) is 3.34. The summed E-state index contributed by atoms with van der Waals surface area (Å²) in [5.74, 6) is 0.576. The molecular weight excluding hydrogens is 488 g/mol. The molecule has 1 heterocycles. The number of ether oxygens (including phenoxy) is 2. The molecule has 0 spiro atoms. The zero-order valence-corrected chi connectivity index (χ0v) is 17.6. The minimum atomic E-state index is -4.49. The zero-order chi connectivity index (χ0) is 18.7. The number of aromatic nitrogens is 1. The summed E-state index contributed by atoms with van der Waals surface area (Å²) in [7, 11) is 1.63. The lowest BCUT2D eigenvalue weighted by Gasteiger charge is -2.13. The Morgan fingerprint density at radius 2 is 2.04 bits per heavy atom. The van der Waals surface area contributed by atoms with Crippen LogP contribution in [0.4, 0.5) is 13.2 Å². The van der Waals surface area contributed by atoms with Crippen LogP contribution in [0.5, 0.6) is 5.88 Å². The molecule has 0 aliphatic heterocycles. The van der Waals surface area contributed by atoms with E-state index in [9.17, 15) is 13.2 Å². The van der Waals surface area contributed by atoms with Crippen molar-refractivity contribution in [3.63, 3.8) is 0 Å². The number of halogens is 5. The van der Waals surface area contributed by atoms with Crippen molar-refractivity contribution in [3.8, 4) is 5.88 Å². The minimum Gasteiger partial charge on any atom is -0.475 e. The van der Waals surface area contributed by atoms with Crippen molar-refractivity contribution in [2.24, 2.45) is 4.99 Å². The summed E-state index contributed by atoms with van der Waals surface area (Å²) in [5.41, 5.74) is -0.916. The number of aliphatic imine (C=N–C) groups is 1. The van der Waals surface area contributed by atoms with E-state index in [1.807, 2.05) is 6.92 Å². The summed E-state index contributed by atoms with van der Waals surface area (Å²) in [4.78, 5) is 7.95. The number of methoxy groups -OCH3 is 1. The molecule has 0 unspecified atom stereocenters. The minimum absolute atomic E-state index is 0. The molecule has 0 saturated carbocycles. The first-order valence-corrected chi connectivity index (χ1v) is 8.13. The quantitative estimate of drug-likeness (QED) is 0.231. The Hall–Kier alpha value is -1.01. The number of nitrogens with zero attached hydrogens (tertiary/aromatic N) is 2. The van der Waals surface area contributed by atoms with E-state index in [1.54, 1.807) is 7.11 Å². The van der Waals surface area contributed by atoms with Gasteiger partial charge in [-0.1, -0.05) is 11.6 Å². The number of guanidine groups is 1. The highest BCUT2D eigenvalue weighted by Crippen LogP contribution is 2.32. The average Bonchev–Trinajstić information content (AvgIpc) is 2.55. The van der Waals surface area contributed by atoms with Gasteiger partial charge in [0.2, 0.25) is 5.88 Å². The molecule has 6 nitrogen and oxygen atoms in total. The van der Waals surface area contributed by atoms with Gasteiger partial charge in [0.25, 0.3) is 0 Å². The van der Waals surface area contributed by atoms with Gasteiger partial charge in [-0.05, 0) is 19.4 Å².